The lowest BCUT2D eigenvalue weighted by Gasteiger charge is -1.99. The van der Waals surface area contributed by atoms with Gasteiger partial charge in [-0.25, -0.2) is 9.97 Å². The molecule has 0 fully saturated rings. The summed E-state index contributed by atoms with van der Waals surface area (Å²) in [6.45, 7) is 7.89. The quantitative estimate of drug-likeness (QED) is 0.639. The summed E-state index contributed by atoms with van der Waals surface area (Å²) in [7, 11) is 0. The molecule has 0 aromatic carbocycles. The molecule has 0 saturated heterocycles. The molecule has 0 aliphatic carbocycles. The third-order valence-electron chi connectivity index (χ3n) is 1.79. The van der Waals surface area contributed by atoms with Crippen LogP contribution in [-0.4, -0.2) is 15.0 Å². The Bertz CT molecular complexity index is 424. The second-order valence-electron chi connectivity index (χ2n) is 2.81. The SMILES string of the molecule is CC.Cc1ncc2cncc(C)c2n1. The van der Waals surface area contributed by atoms with Crippen molar-refractivity contribution in [3.8, 4) is 0 Å². The van der Waals surface area contributed by atoms with E-state index in [4.69, 9.17) is 0 Å². The minimum Gasteiger partial charge on any atom is -0.264 e. The number of aryl methyl sites for hydroxylation is 2. The summed E-state index contributed by atoms with van der Waals surface area (Å²) in [5.74, 6) is 0.803. The van der Waals surface area contributed by atoms with Crippen molar-refractivity contribution in [1.82, 2.24) is 15.0 Å². The molecule has 0 bridgehead atoms. The van der Waals surface area contributed by atoms with Crippen LogP contribution in [0.15, 0.2) is 18.6 Å². The molecule has 0 atom stereocenters. The molecule has 0 aliphatic heterocycles. The van der Waals surface area contributed by atoms with E-state index in [2.05, 4.69) is 15.0 Å². The van der Waals surface area contributed by atoms with Crippen molar-refractivity contribution >= 4 is 10.9 Å². The predicted molar refractivity (Wildman–Crippen MR) is 58.2 cm³/mol. The molecule has 0 saturated carbocycles. The highest BCUT2D eigenvalue weighted by Gasteiger charge is 1.98. The number of rotatable bonds is 0. The highest BCUT2D eigenvalue weighted by Crippen LogP contribution is 2.12. The molecule has 0 radical (unpaired) electrons. The summed E-state index contributed by atoms with van der Waals surface area (Å²) in [6.07, 6.45) is 5.40. The molecule has 2 aromatic rings. The van der Waals surface area contributed by atoms with Crippen molar-refractivity contribution in [2.45, 2.75) is 27.7 Å². The smallest absolute Gasteiger partial charge is 0.125 e. The maximum Gasteiger partial charge on any atom is 0.125 e. The molecule has 0 spiro atoms. The molecular weight excluding hydrogens is 174 g/mol. The van der Waals surface area contributed by atoms with E-state index in [1.807, 2.05) is 33.9 Å². The van der Waals surface area contributed by atoms with E-state index in [1.54, 1.807) is 12.4 Å². The maximum absolute atomic E-state index is 4.32. The molecule has 0 aliphatic rings. The second-order valence-corrected chi connectivity index (χ2v) is 2.81. The predicted octanol–water partition coefficient (Wildman–Crippen LogP) is 2.67. The van der Waals surface area contributed by atoms with Crippen LogP contribution in [0.3, 0.4) is 0 Å². The van der Waals surface area contributed by atoms with Gasteiger partial charge >= 0.3 is 0 Å². The zero-order valence-corrected chi connectivity index (χ0v) is 9.07. The van der Waals surface area contributed by atoms with Crippen molar-refractivity contribution in [3.05, 3.63) is 30.0 Å². The fraction of sp³-hybridized carbons (Fsp3) is 0.364. The fourth-order valence-electron chi connectivity index (χ4n) is 1.18. The molecular formula is C11H15N3. The molecule has 0 unspecified atom stereocenters. The lowest BCUT2D eigenvalue weighted by molar-refractivity contribution is 1.08. The van der Waals surface area contributed by atoms with Gasteiger partial charge in [0.15, 0.2) is 0 Å². The number of fused-ring (bicyclic) bond motifs is 1. The minimum absolute atomic E-state index is 0.803. The van der Waals surface area contributed by atoms with E-state index in [-0.39, 0.29) is 0 Å². The van der Waals surface area contributed by atoms with Crippen molar-refractivity contribution < 1.29 is 0 Å². The Balaban J connectivity index is 0.000000461. The van der Waals surface area contributed by atoms with Crippen LogP contribution in [0.2, 0.25) is 0 Å². The van der Waals surface area contributed by atoms with Crippen LogP contribution in [0.1, 0.15) is 25.2 Å². The van der Waals surface area contributed by atoms with Gasteiger partial charge in [0.25, 0.3) is 0 Å². The number of hydrogen-bond donors (Lipinski definition) is 0. The first-order valence-electron chi connectivity index (χ1n) is 4.81. The highest BCUT2D eigenvalue weighted by atomic mass is 14.9. The average molecular weight is 189 g/mol. The topological polar surface area (TPSA) is 38.7 Å². The monoisotopic (exact) mass is 189 g/mol. The Morgan fingerprint density at radius 1 is 1.00 bits per heavy atom. The Labute approximate surface area is 84.2 Å². The van der Waals surface area contributed by atoms with Crippen LogP contribution >= 0.6 is 0 Å². The Morgan fingerprint density at radius 2 is 1.71 bits per heavy atom. The third-order valence-corrected chi connectivity index (χ3v) is 1.79. The van der Waals surface area contributed by atoms with Gasteiger partial charge in [0.1, 0.15) is 5.82 Å². The van der Waals surface area contributed by atoms with Crippen LogP contribution in [-0.2, 0) is 0 Å². The van der Waals surface area contributed by atoms with Crippen molar-refractivity contribution in [1.29, 1.82) is 0 Å². The minimum atomic E-state index is 0.803. The summed E-state index contributed by atoms with van der Waals surface area (Å²) in [5, 5.41) is 1.00. The number of hydrogen-bond acceptors (Lipinski definition) is 3. The lowest BCUT2D eigenvalue weighted by Crippen LogP contribution is -1.90. The van der Waals surface area contributed by atoms with Crippen LogP contribution in [0, 0.1) is 13.8 Å². The number of aromatic nitrogens is 3. The van der Waals surface area contributed by atoms with E-state index in [1.165, 1.54) is 0 Å². The van der Waals surface area contributed by atoms with Gasteiger partial charge in [-0.15, -0.1) is 0 Å². The van der Waals surface area contributed by atoms with Crippen LogP contribution in [0.5, 0.6) is 0 Å². The molecule has 2 aromatic heterocycles. The van der Waals surface area contributed by atoms with Crippen LogP contribution < -0.4 is 0 Å². The van der Waals surface area contributed by atoms with Crippen molar-refractivity contribution in [2.75, 3.05) is 0 Å². The molecule has 0 N–H and O–H groups in total. The van der Waals surface area contributed by atoms with Crippen LogP contribution in [0.4, 0.5) is 0 Å². The average Bonchev–Trinajstić information content (AvgIpc) is 2.22. The van der Waals surface area contributed by atoms with Gasteiger partial charge < -0.3 is 0 Å². The first-order chi connectivity index (χ1) is 6.77. The Kier molecular flexibility index (Phi) is 3.51. The summed E-state index contributed by atoms with van der Waals surface area (Å²) >= 11 is 0. The van der Waals surface area contributed by atoms with Crippen molar-refractivity contribution in [2.24, 2.45) is 0 Å². The zero-order valence-electron chi connectivity index (χ0n) is 9.07. The summed E-state index contributed by atoms with van der Waals surface area (Å²) in [6, 6.07) is 0. The maximum atomic E-state index is 4.32. The first-order valence-corrected chi connectivity index (χ1v) is 4.81. The number of nitrogens with zero attached hydrogens (tertiary/aromatic N) is 3. The lowest BCUT2D eigenvalue weighted by atomic mass is 10.2. The second kappa shape index (κ2) is 4.65. The molecule has 3 nitrogen and oxygen atoms in total. The standard InChI is InChI=1S/C9H9N3.C2H6/c1-6-3-10-4-8-5-11-7(2)12-9(6)8;1-2/h3-5H,1-2H3;1-2H3. The van der Waals surface area contributed by atoms with Crippen LogP contribution in [0.25, 0.3) is 10.9 Å². The molecule has 3 heteroatoms. The van der Waals surface area contributed by atoms with Gasteiger partial charge in [-0.2, -0.15) is 0 Å². The van der Waals surface area contributed by atoms with Gasteiger partial charge in [-0.3, -0.25) is 4.98 Å². The van der Waals surface area contributed by atoms with E-state index >= 15 is 0 Å². The molecule has 74 valence electrons. The third kappa shape index (κ3) is 2.05. The zero-order chi connectivity index (χ0) is 10.6. The van der Waals surface area contributed by atoms with Gasteiger partial charge in [-0.1, -0.05) is 13.8 Å². The molecule has 2 rings (SSSR count). The summed E-state index contributed by atoms with van der Waals surface area (Å²) < 4.78 is 0. The number of pyridine rings is 1. The molecule has 0 amide bonds. The van der Waals surface area contributed by atoms with Gasteiger partial charge in [0.05, 0.1) is 5.52 Å². The van der Waals surface area contributed by atoms with E-state index in [9.17, 15) is 0 Å². The van der Waals surface area contributed by atoms with E-state index in [0.29, 0.717) is 0 Å². The Hall–Kier alpha value is -1.51. The van der Waals surface area contributed by atoms with Gasteiger partial charge in [0, 0.05) is 24.0 Å². The summed E-state index contributed by atoms with van der Waals surface area (Å²) in [4.78, 5) is 12.5. The van der Waals surface area contributed by atoms with E-state index in [0.717, 1.165) is 22.3 Å². The van der Waals surface area contributed by atoms with Gasteiger partial charge in [0.2, 0.25) is 0 Å². The Morgan fingerprint density at radius 3 is 2.43 bits per heavy atom. The van der Waals surface area contributed by atoms with Gasteiger partial charge in [-0.05, 0) is 19.4 Å². The van der Waals surface area contributed by atoms with E-state index < -0.39 is 0 Å². The largest absolute Gasteiger partial charge is 0.264 e. The summed E-state index contributed by atoms with van der Waals surface area (Å²) in [5.41, 5.74) is 2.09. The van der Waals surface area contributed by atoms with Crippen molar-refractivity contribution in [3.63, 3.8) is 0 Å². The molecule has 14 heavy (non-hydrogen) atoms. The normalized spacial score (nSPS) is 9.43. The molecule has 2 heterocycles. The highest BCUT2D eigenvalue weighted by molar-refractivity contribution is 5.79. The first kappa shape index (κ1) is 10.6. The fourth-order valence-corrected chi connectivity index (χ4v) is 1.18.